The second-order valence-electron chi connectivity index (χ2n) is 5.32. The average Bonchev–Trinajstić information content (AvgIpc) is 2.50. The molecule has 22 heavy (non-hydrogen) atoms. The van der Waals surface area contributed by atoms with Crippen molar-refractivity contribution in [2.45, 2.75) is 25.9 Å². The molecule has 2 atom stereocenters. The summed E-state index contributed by atoms with van der Waals surface area (Å²) in [5.74, 6) is -0.0388. The van der Waals surface area contributed by atoms with Gasteiger partial charge in [0, 0.05) is 21.3 Å². The van der Waals surface area contributed by atoms with E-state index in [1.807, 2.05) is 36.5 Å². The number of nitrogens with two attached hydrogens (primary N) is 1. The molecule has 0 fully saturated rings. The predicted octanol–water partition coefficient (Wildman–Crippen LogP) is 3.65. The summed E-state index contributed by atoms with van der Waals surface area (Å²) in [7, 11) is 0. The highest BCUT2D eigenvalue weighted by Gasteiger charge is 2.20. The number of hydrogen-bond acceptors (Lipinski definition) is 1. The lowest BCUT2D eigenvalue weighted by Crippen LogP contribution is -2.91. The predicted molar refractivity (Wildman–Crippen MR) is 91.3 cm³/mol. The summed E-state index contributed by atoms with van der Waals surface area (Å²) in [6.07, 6.45) is 0. The van der Waals surface area contributed by atoms with E-state index in [-0.39, 0.29) is 18.0 Å². The Kier molecular flexibility index (Phi) is 5.83. The maximum Gasteiger partial charge on any atom is 0.282 e. The van der Waals surface area contributed by atoms with Gasteiger partial charge in [0.2, 0.25) is 0 Å². The van der Waals surface area contributed by atoms with Gasteiger partial charge >= 0.3 is 0 Å². The highest BCUT2D eigenvalue weighted by atomic mass is 35.5. The number of nitrogens with one attached hydrogen (secondary N) is 1. The number of carbonyl (C=O) groups excluding carboxylic acids is 1. The van der Waals surface area contributed by atoms with Crippen molar-refractivity contribution in [3.63, 3.8) is 0 Å². The van der Waals surface area contributed by atoms with Gasteiger partial charge in [-0.25, -0.2) is 0 Å². The number of amides is 1. The minimum Gasteiger partial charge on any atom is -0.330 e. The van der Waals surface area contributed by atoms with Crippen molar-refractivity contribution < 1.29 is 10.1 Å². The molecule has 0 radical (unpaired) electrons. The molecule has 0 saturated carbocycles. The van der Waals surface area contributed by atoms with Gasteiger partial charge in [-0.3, -0.25) is 4.79 Å². The molecule has 0 saturated heterocycles. The molecule has 0 aliphatic carbocycles. The zero-order valence-corrected chi connectivity index (χ0v) is 14.0. The van der Waals surface area contributed by atoms with Crippen LogP contribution in [0.4, 0.5) is 5.69 Å². The molecule has 2 aromatic carbocycles. The molecule has 0 unspecified atom stereocenters. The Morgan fingerprint density at radius 2 is 1.45 bits per heavy atom. The first-order chi connectivity index (χ1) is 10.5. The number of halogens is 2. The first-order valence-corrected chi connectivity index (χ1v) is 7.88. The van der Waals surface area contributed by atoms with E-state index in [4.69, 9.17) is 23.2 Å². The van der Waals surface area contributed by atoms with Crippen molar-refractivity contribution in [2.24, 2.45) is 0 Å². The molecule has 0 aliphatic heterocycles. The van der Waals surface area contributed by atoms with Crippen LogP contribution in [0.1, 0.15) is 25.5 Å². The highest BCUT2D eigenvalue weighted by molar-refractivity contribution is 6.30. The minimum absolute atomic E-state index is 0.0388. The van der Waals surface area contributed by atoms with Gasteiger partial charge in [-0.2, -0.15) is 0 Å². The van der Waals surface area contributed by atoms with Gasteiger partial charge in [0.05, 0.1) is 0 Å². The summed E-state index contributed by atoms with van der Waals surface area (Å²) in [6, 6.07) is 14.7. The second kappa shape index (κ2) is 7.63. The third-order valence-electron chi connectivity index (χ3n) is 3.50. The lowest BCUT2D eigenvalue weighted by molar-refractivity contribution is -0.709. The highest BCUT2D eigenvalue weighted by Crippen LogP contribution is 2.15. The number of anilines is 1. The van der Waals surface area contributed by atoms with E-state index < -0.39 is 0 Å². The first kappa shape index (κ1) is 16.8. The molecule has 0 spiro atoms. The number of benzene rings is 2. The Morgan fingerprint density at radius 3 is 2.00 bits per heavy atom. The molecular weight excluding hydrogens is 319 g/mol. The van der Waals surface area contributed by atoms with E-state index in [1.54, 1.807) is 24.3 Å². The number of quaternary nitrogens is 1. The van der Waals surface area contributed by atoms with Crippen molar-refractivity contribution in [3.05, 3.63) is 64.1 Å². The molecule has 0 heterocycles. The van der Waals surface area contributed by atoms with Crippen LogP contribution in [-0.2, 0) is 4.79 Å². The lowest BCUT2D eigenvalue weighted by Gasteiger charge is -2.17. The van der Waals surface area contributed by atoms with Crippen LogP contribution in [0.3, 0.4) is 0 Å². The summed E-state index contributed by atoms with van der Waals surface area (Å²) in [6.45, 7) is 3.95. The standard InChI is InChI=1S/C17H18Cl2N2O/c1-11(13-3-5-14(18)6-4-13)20-12(2)17(22)21-16-9-7-15(19)8-10-16/h3-12,20H,1-2H3,(H,21,22)/p+1/t11-,12+/m0/s1. The van der Waals surface area contributed by atoms with Crippen molar-refractivity contribution in [3.8, 4) is 0 Å². The van der Waals surface area contributed by atoms with Crippen LogP contribution in [0.2, 0.25) is 10.0 Å². The molecule has 2 rings (SSSR count). The molecule has 0 aromatic heterocycles. The fourth-order valence-electron chi connectivity index (χ4n) is 2.19. The minimum atomic E-state index is -0.207. The molecule has 116 valence electrons. The molecule has 0 aliphatic rings. The van der Waals surface area contributed by atoms with Gasteiger partial charge in [0.15, 0.2) is 6.04 Å². The van der Waals surface area contributed by atoms with Gasteiger partial charge in [-0.1, -0.05) is 35.3 Å². The number of carbonyl (C=O) groups is 1. The quantitative estimate of drug-likeness (QED) is 0.859. The SMILES string of the molecule is C[C@H]([NH2+][C@H](C)C(=O)Nc1ccc(Cl)cc1)c1ccc(Cl)cc1. The number of hydrogen-bond donors (Lipinski definition) is 2. The van der Waals surface area contributed by atoms with E-state index >= 15 is 0 Å². The van der Waals surface area contributed by atoms with Gasteiger partial charge in [0.1, 0.15) is 6.04 Å². The van der Waals surface area contributed by atoms with E-state index in [1.165, 1.54) is 0 Å². The van der Waals surface area contributed by atoms with Crippen molar-refractivity contribution in [1.29, 1.82) is 0 Å². The Balaban J connectivity index is 1.93. The Labute approximate surface area is 140 Å². The van der Waals surface area contributed by atoms with Crippen LogP contribution < -0.4 is 10.6 Å². The monoisotopic (exact) mass is 337 g/mol. The van der Waals surface area contributed by atoms with Gasteiger partial charge in [0.25, 0.3) is 5.91 Å². The van der Waals surface area contributed by atoms with Crippen LogP contribution in [-0.4, -0.2) is 11.9 Å². The third kappa shape index (κ3) is 4.73. The van der Waals surface area contributed by atoms with Crippen molar-refractivity contribution in [2.75, 3.05) is 5.32 Å². The molecule has 5 heteroatoms. The Hall–Kier alpha value is -1.55. The zero-order chi connectivity index (χ0) is 16.1. The largest absolute Gasteiger partial charge is 0.330 e. The fourth-order valence-corrected chi connectivity index (χ4v) is 2.44. The normalized spacial score (nSPS) is 13.5. The molecule has 0 bridgehead atoms. The molecule has 1 amide bonds. The van der Waals surface area contributed by atoms with Crippen LogP contribution in [0.5, 0.6) is 0 Å². The Bertz CT molecular complexity index is 626. The van der Waals surface area contributed by atoms with Crippen molar-refractivity contribution >= 4 is 34.8 Å². The summed E-state index contributed by atoms with van der Waals surface area (Å²) in [4.78, 5) is 12.2. The molecule has 3 N–H and O–H groups in total. The van der Waals surface area contributed by atoms with Crippen molar-refractivity contribution in [1.82, 2.24) is 0 Å². The van der Waals surface area contributed by atoms with Crippen LogP contribution >= 0.6 is 23.2 Å². The van der Waals surface area contributed by atoms with E-state index in [0.717, 1.165) is 11.3 Å². The fraction of sp³-hybridized carbons (Fsp3) is 0.235. The van der Waals surface area contributed by atoms with E-state index in [9.17, 15) is 4.79 Å². The van der Waals surface area contributed by atoms with E-state index in [0.29, 0.717) is 10.0 Å². The second-order valence-corrected chi connectivity index (χ2v) is 6.19. The molecular formula is C17H19Cl2N2O+. The third-order valence-corrected chi connectivity index (χ3v) is 4.00. The topological polar surface area (TPSA) is 45.7 Å². The number of rotatable bonds is 5. The summed E-state index contributed by atoms with van der Waals surface area (Å²) in [5.41, 5.74) is 1.88. The lowest BCUT2D eigenvalue weighted by atomic mass is 10.1. The summed E-state index contributed by atoms with van der Waals surface area (Å²) >= 11 is 11.7. The maximum absolute atomic E-state index is 12.2. The summed E-state index contributed by atoms with van der Waals surface area (Å²) < 4.78 is 0. The molecule has 2 aromatic rings. The van der Waals surface area contributed by atoms with Crippen LogP contribution in [0.25, 0.3) is 0 Å². The zero-order valence-electron chi connectivity index (χ0n) is 12.5. The molecule has 3 nitrogen and oxygen atoms in total. The maximum atomic E-state index is 12.2. The van der Waals surface area contributed by atoms with E-state index in [2.05, 4.69) is 12.2 Å². The van der Waals surface area contributed by atoms with Gasteiger partial charge in [-0.05, 0) is 50.2 Å². The Morgan fingerprint density at radius 1 is 0.955 bits per heavy atom. The average molecular weight is 338 g/mol. The smallest absolute Gasteiger partial charge is 0.282 e. The van der Waals surface area contributed by atoms with Gasteiger partial charge in [-0.15, -0.1) is 0 Å². The van der Waals surface area contributed by atoms with Crippen LogP contribution in [0.15, 0.2) is 48.5 Å². The van der Waals surface area contributed by atoms with Gasteiger partial charge < -0.3 is 10.6 Å². The summed E-state index contributed by atoms with van der Waals surface area (Å²) in [5, 5.41) is 6.27. The first-order valence-electron chi connectivity index (χ1n) is 7.12. The van der Waals surface area contributed by atoms with Crippen LogP contribution in [0, 0.1) is 0 Å².